The lowest BCUT2D eigenvalue weighted by Gasteiger charge is -2.08. The molecule has 1 N–H and O–H groups in total. The van der Waals surface area contributed by atoms with Gasteiger partial charge in [0, 0.05) is 36.3 Å². The standard InChI is InChI=1S/C19H21ClN4O/c1-3-11-24-17(23-16-5-4-10-21-19(16)24)8-9-18(25)22-14-7-6-13(2)15(20)12-14/h4-7,10,12H,3,8-9,11H2,1-2H3,(H,22,25). The number of aromatic nitrogens is 3. The number of carbonyl (C=O) groups is 1. The molecule has 0 saturated carbocycles. The van der Waals surface area contributed by atoms with E-state index in [4.69, 9.17) is 11.6 Å². The zero-order valence-electron chi connectivity index (χ0n) is 14.4. The summed E-state index contributed by atoms with van der Waals surface area (Å²) in [5.41, 5.74) is 3.45. The number of anilines is 1. The Morgan fingerprint density at radius 1 is 1.32 bits per heavy atom. The lowest BCUT2D eigenvalue weighted by molar-refractivity contribution is -0.116. The van der Waals surface area contributed by atoms with Crippen molar-refractivity contribution in [2.24, 2.45) is 0 Å². The Hall–Kier alpha value is -2.40. The summed E-state index contributed by atoms with van der Waals surface area (Å²) in [5, 5.41) is 3.54. The van der Waals surface area contributed by atoms with E-state index in [0.29, 0.717) is 23.6 Å². The molecule has 3 aromatic rings. The second kappa shape index (κ2) is 7.66. The predicted molar refractivity (Wildman–Crippen MR) is 101 cm³/mol. The molecule has 0 aliphatic rings. The predicted octanol–water partition coefficient (Wildman–Crippen LogP) is 4.37. The van der Waals surface area contributed by atoms with E-state index in [1.165, 1.54) is 0 Å². The first-order chi connectivity index (χ1) is 12.1. The minimum absolute atomic E-state index is 0.0528. The Labute approximate surface area is 152 Å². The quantitative estimate of drug-likeness (QED) is 0.713. The summed E-state index contributed by atoms with van der Waals surface area (Å²) in [4.78, 5) is 21.3. The van der Waals surface area contributed by atoms with Gasteiger partial charge in [-0.1, -0.05) is 24.6 Å². The Balaban J connectivity index is 1.70. The molecule has 1 amide bonds. The molecular formula is C19H21ClN4O. The van der Waals surface area contributed by atoms with E-state index in [1.54, 1.807) is 12.3 Å². The summed E-state index contributed by atoms with van der Waals surface area (Å²) >= 11 is 6.10. The number of benzene rings is 1. The lowest BCUT2D eigenvalue weighted by Crippen LogP contribution is -2.14. The topological polar surface area (TPSA) is 59.8 Å². The number of hydrogen-bond acceptors (Lipinski definition) is 3. The van der Waals surface area contributed by atoms with Crippen molar-refractivity contribution in [2.45, 2.75) is 39.7 Å². The van der Waals surface area contributed by atoms with E-state index in [9.17, 15) is 4.79 Å². The normalized spacial score (nSPS) is 11.0. The van der Waals surface area contributed by atoms with Crippen molar-refractivity contribution in [1.29, 1.82) is 0 Å². The van der Waals surface area contributed by atoms with Gasteiger partial charge in [0.25, 0.3) is 0 Å². The minimum Gasteiger partial charge on any atom is -0.326 e. The van der Waals surface area contributed by atoms with Crippen molar-refractivity contribution in [2.75, 3.05) is 5.32 Å². The van der Waals surface area contributed by atoms with E-state index >= 15 is 0 Å². The summed E-state index contributed by atoms with van der Waals surface area (Å²) in [6.45, 7) is 4.89. The summed E-state index contributed by atoms with van der Waals surface area (Å²) < 4.78 is 2.10. The molecule has 0 atom stereocenters. The highest BCUT2D eigenvalue weighted by molar-refractivity contribution is 6.31. The van der Waals surface area contributed by atoms with Crippen LogP contribution in [0.1, 0.15) is 31.2 Å². The number of nitrogens with one attached hydrogen (secondary N) is 1. The highest BCUT2D eigenvalue weighted by atomic mass is 35.5. The molecule has 1 aromatic carbocycles. The molecule has 0 aliphatic heterocycles. The van der Waals surface area contributed by atoms with E-state index in [1.807, 2.05) is 31.2 Å². The van der Waals surface area contributed by atoms with E-state index < -0.39 is 0 Å². The highest BCUT2D eigenvalue weighted by Crippen LogP contribution is 2.20. The molecular weight excluding hydrogens is 336 g/mol. The van der Waals surface area contributed by atoms with Crippen LogP contribution in [0.3, 0.4) is 0 Å². The van der Waals surface area contributed by atoms with Crippen LogP contribution in [0.5, 0.6) is 0 Å². The van der Waals surface area contributed by atoms with Crippen LogP contribution in [0.4, 0.5) is 5.69 Å². The van der Waals surface area contributed by atoms with Crippen LogP contribution < -0.4 is 5.32 Å². The summed E-state index contributed by atoms with van der Waals surface area (Å²) in [5.74, 6) is 0.843. The van der Waals surface area contributed by atoms with E-state index in [2.05, 4.69) is 26.8 Å². The maximum atomic E-state index is 12.3. The van der Waals surface area contributed by atoms with Crippen LogP contribution >= 0.6 is 11.6 Å². The largest absolute Gasteiger partial charge is 0.326 e. The number of rotatable bonds is 6. The first-order valence-electron chi connectivity index (χ1n) is 8.44. The lowest BCUT2D eigenvalue weighted by atomic mass is 10.2. The van der Waals surface area contributed by atoms with Crippen molar-refractivity contribution in [3.8, 4) is 0 Å². The maximum Gasteiger partial charge on any atom is 0.224 e. The number of nitrogens with zero attached hydrogens (tertiary/aromatic N) is 3. The summed E-state index contributed by atoms with van der Waals surface area (Å²) in [6.07, 6.45) is 3.69. The monoisotopic (exact) mass is 356 g/mol. The smallest absolute Gasteiger partial charge is 0.224 e. The Kier molecular flexibility index (Phi) is 5.34. The number of hydrogen-bond donors (Lipinski definition) is 1. The maximum absolute atomic E-state index is 12.3. The average molecular weight is 357 g/mol. The second-order valence-corrected chi connectivity index (χ2v) is 6.45. The second-order valence-electron chi connectivity index (χ2n) is 6.04. The van der Waals surface area contributed by atoms with Crippen molar-refractivity contribution < 1.29 is 4.79 Å². The van der Waals surface area contributed by atoms with Crippen LogP contribution in [0.15, 0.2) is 36.5 Å². The summed E-state index contributed by atoms with van der Waals surface area (Å²) in [7, 11) is 0. The van der Waals surface area contributed by atoms with E-state index in [0.717, 1.165) is 35.5 Å². The van der Waals surface area contributed by atoms with Gasteiger partial charge in [-0.25, -0.2) is 9.97 Å². The molecule has 2 heterocycles. The van der Waals surface area contributed by atoms with Gasteiger partial charge in [-0.15, -0.1) is 0 Å². The first-order valence-corrected chi connectivity index (χ1v) is 8.82. The molecule has 6 heteroatoms. The van der Waals surface area contributed by atoms with Crippen molar-refractivity contribution in [3.05, 3.63) is 52.9 Å². The third-order valence-corrected chi connectivity index (χ3v) is 4.47. The summed E-state index contributed by atoms with van der Waals surface area (Å²) in [6, 6.07) is 9.35. The van der Waals surface area contributed by atoms with Gasteiger partial charge in [0.1, 0.15) is 11.3 Å². The number of imidazole rings is 1. The molecule has 0 aliphatic carbocycles. The van der Waals surface area contributed by atoms with Crippen LogP contribution in [-0.4, -0.2) is 20.4 Å². The SMILES string of the molecule is CCCn1c(CCC(=O)Nc2ccc(C)c(Cl)c2)nc2cccnc21. The van der Waals surface area contributed by atoms with Crippen molar-refractivity contribution in [3.63, 3.8) is 0 Å². The molecule has 0 spiro atoms. The first kappa shape index (κ1) is 17.4. The highest BCUT2D eigenvalue weighted by Gasteiger charge is 2.13. The van der Waals surface area contributed by atoms with Gasteiger partial charge in [-0.3, -0.25) is 4.79 Å². The molecule has 0 radical (unpaired) electrons. The molecule has 130 valence electrons. The van der Waals surface area contributed by atoms with Gasteiger partial charge < -0.3 is 9.88 Å². The van der Waals surface area contributed by atoms with Gasteiger partial charge in [0.05, 0.1) is 0 Å². The molecule has 0 bridgehead atoms. The molecule has 2 aromatic heterocycles. The fourth-order valence-corrected chi connectivity index (χ4v) is 2.95. The molecule has 5 nitrogen and oxygen atoms in total. The van der Waals surface area contributed by atoms with Crippen LogP contribution in [0, 0.1) is 6.92 Å². The van der Waals surface area contributed by atoms with Gasteiger partial charge in [0.15, 0.2) is 5.65 Å². The zero-order chi connectivity index (χ0) is 17.8. The Morgan fingerprint density at radius 3 is 2.92 bits per heavy atom. The number of amides is 1. The van der Waals surface area contributed by atoms with Crippen molar-refractivity contribution >= 4 is 34.4 Å². The molecule has 3 rings (SSSR count). The number of halogens is 1. The van der Waals surface area contributed by atoms with E-state index in [-0.39, 0.29) is 5.91 Å². The Bertz CT molecular complexity index is 904. The third kappa shape index (κ3) is 3.99. The van der Waals surface area contributed by atoms with Crippen LogP contribution in [-0.2, 0) is 17.8 Å². The number of carbonyl (C=O) groups excluding carboxylic acids is 1. The fraction of sp³-hybridized carbons (Fsp3) is 0.316. The number of fused-ring (bicyclic) bond motifs is 1. The van der Waals surface area contributed by atoms with Crippen molar-refractivity contribution in [1.82, 2.24) is 14.5 Å². The third-order valence-electron chi connectivity index (χ3n) is 4.06. The van der Waals surface area contributed by atoms with Gasteiger partial charge in [-0.05, 0) is 43.2 Å². The minimum atomic E-state index is -0.0528. The molecule has 25 heavy (non-hydrogen) atoms. The fourth-order valence-electron chi connectivity index (χ4n) is 2.77. The van der Waals surface area contributed by atoms with Crippen LogP contribution in [0.25, 0.3) is 11.2 Å². The Morgan fingerprint density at radius 2 is 2.16 bits per heavy atom. The average Bonchev–Trinajstić information content (AvgIpc) is 2.95. The van der Waals surface area contributed by atoms with Gasteiger partial charge >= 0.3 is 0 Å². The molecule has 0 unspecified atom stereocenters. The zero-order valence-corrected chi connectivity index (χ0v) is 15.2. The van der Waals surface area contributed by atoms with Crippen LogP contribution in [0.2, 0.25) is 5.02 Å². The molecule has 0 fully saturated rings. The number of aryl methyl sites for hydroxylation is 3. The molecule has 0 saturated heterocycles. The van der Waals surface area contributed by atoms with Gasteiger partial charge in [0.2, 0.25) is 5.91 Å². The van der Waals surface area contributed by atoms with Gasteiger partial charge in [-0.2, -0.15) is 0 Å². The number of pyridine rings is 1.